The lowest BCUT2D eigenvalue weighted by Crippen LogP contribution is -2.24. The first-order chi connectivity index (χ1) is 8.24. The Morgan fingerprint density at radius 3 is 2.53 bits per heavy atom. The van der Waals surface area contributed by atoms with Gasteiger partial charge in [-0.15, -0.1) is 0 Å². The summed E-state index contributed by atoms with van der Waals surface area (Å²) in [6, 6.07) is 5.68. The maximum absolute atomic E-state index is 12.6. The number of unbranched alkanes of at least 4 members (excludes halogenated alkanes) is 3. The fourth-order valence-corrected chi connectivity index (χ4v) is 1.62. The highest BCUT2D eigenvalue weighted by Crippen LogP contribution is 2.03. The van der Waals surface area contributed by atoms with E-state index in [4.69, 9.17) is 0 Å². The van der Waals surface area contributed by atoms with Crippen LogP contribution in [-0.2, 0) is 0 Å². The summed E-state index contributed by atoms with van der Waals surface area (Å²) in [5, 5.41) is 3.11. The number of nitrogens with one attached hydrogen (secondary N) is 1. The zero-order valence-electron chi connectivity index (χ0n) is 10.3. The molecule has 94 valence electrons. The van der Waals surface area contributed by atoms with Crippen LogP contribution in [0.5, 0.6) is 0 Å². The molecule has 0 aliphatic rings. The van der Waals surface area contributed by atoms with Crippen molar-refractivity contribution in [3.05, 3.63) is 35.6 Å². The number of halogens is 1. The van der Waals surface area contributed by atoms with Gasteiger partial charge in [0.2, 0.25) is 0 Å². The lowest BCUT2D eigenvalue weighted by Gasteiger charge is -2.04. The van der Waals surface area contributed by atoms with Crippen LogP contribution in [0.25, 0.3) is 0 Å². The van der Waals surface area contributed by atoms with Gasteiger partial charge in [-0.25, -0.2) is 4.39 Å². The molecule has 0 bridgehead atoms. The smallest absolute Gasteiger partial charge is 0.176 e. The van der Waals surface area contributed by atoms with Gasteiger partial charge in [0.25, 0.3) is 0 Å². The molecule has 0 spiro atoms. The summed E-state index contributed by atoms with van der Waals surface area (Å²) in [5.74, 6) is -0.297. The average molecular weight is 237 g/mol. The van der Waals surface area contributed by atoms with Gasteiger partial charge in [-0.3, -0.25) is 4.79 Å². The van der Waals surface area contributed by atoms with E-state index in [2.05, 4.69) is 12.2 Å². The van der Waals surface area contributed by atoms with E-state index in [9.17, 15) is 9.18 Å². The molecule has 17 heavy (non-hydrogen) atoms. The van der Waals surface area contributed by atoms with E-state index in [1.54, 1.807) is 0 Å². The second-order valence-corrected chi connectivity index (χ2v) is 4.17. The first-order valence-corrected chi connectivity index (χ1v) is 6.23. The average Bonchev–Trinajstić information content (AvgIpc) is 2.34. The van der Waals surface area contributed by atoms with Gasteiger partial charge < -0.3 is 5.32 Å². The molecular weight excluding hydrogens is 217 g/mol. The highest BCUT2D eigenvalue weighted by Gasteiger charge is 2.04. The summed E-state index contributed by atoms with van der Waals surface area (Å²) < 4.78 is 12.6. The Labute approximate surface area is 102 Å². The molecular formula is C14H20FNO. The number of benzene rings is 1. The molecule has 1 aromatic rings. The summed E-state index contributed by atoms with van der Waals surface area (Å²) in [6.45, 7) is 3.37. The van der Waals surface area contributed by atoms with Gasteiger partial charge in [-0.1, -0.05) is 26.2 Å². The van der Waals surface area contributed by atoms with Crippen molar-refractivity contribution >= 4 is 5.78 Å². The third-order valence-corrected chi connectivity index (χ3v) is 2.66. The van der Waals surface area contributed by atoms with Gasteiger partial charge in [0.1, 0.15) is 5.82 Å². The van der Waals surface area contributed by atoms with Gasteiger partial charge in [0, 0.05) is 5.56 Å². The van der Waals surface area contributed by atoms with Crippen LogP contribution in [0.1, 0.15) is 43.0 Å². The lowest BCUT2D eigenvalue weighted by atomic mass is 10.1. The third-order valence-electron chi connectivity index (χ3n) is 2.66. The Kier molecular flexibility index (Phi) is 6.48. The number of rotatable bonds is 8. The van der Waals surface area contributed by atoms with Crippen molar-refractivity contribution in [2.45, 2.75) is 32.6 Å². The number of carbonyl (C=O) groups is 1. The summed E-state index contributed by atoms with van der Waals surface area (Å²) in [6.07, 6.45) is 4.76. The Balaban J connectivity index is 2.19. The van der Waals surface area contributed by atoms with E-state index >= 15 is 0 Å². The lowest BCUT2D eigenvalue weighted by molar-refractivity contribution is 0.0991. The summed E-state index contributed by atoms with van der Waals surface area (Å²) in [4.78, 5) is 11.7. The minimum Gasteiger partial charge on any atom is -0.310 e. The minimum atomic E-state index is -0.311. The molecule has 0 aromatic heterocycles. The first-order valence-electron chi connectivity index (χ1n) is 6.23. The predicted octanol–water partition coefficient (Wildman–Crippen LogP) is 3.18. The number of ketones is 1. The van der Waals surface area contributed by atoms with Crippen molar-refractivity contribution < 1.29 is 9.18 Å². The highest BCUT2D eigenvalue weighted by atomic mass is 19.1. The van der Waals surface area contributed by atoms with Crippen LogP contribution in [0.4, 0.5) is 4.39 Å². The van der Waals surface area contributed by atoms with Gasteiger partial charge >= 0.3 is 0 Å². The third kappa shape index (κ3) is 5.59. The summed E-state index contributed by atoms with van der Waals surface area (Å²) >= 11 is 0. The Bertz CT molecular complexity index is 335. The largest absolute Gasteiger partial charge is 0.310 e. The maximum Gasteiger partial charge on any atom is 0.176 e. The molecule has 3 heteroatoms. The second-order valence-electron chi connectivity index (χ2n) is 4.17. The minimum absolute atomic E-state index is 0.0143. The molecule has 0 saturated carbocycles. The van der Waals surface area contributed by atoms with Crippen LogP contribution in [0.2, 0.25) is 0 Å². The highest BCUT2D eigenvalue weighted by molar-refractivity contribution is 5.97. The molecule has 0 unspecified atom stereocenters. The van der Waals surface area contributed by atoms with E-state index in [0.29, 0.717) is 12.1 Å². The van der Waals surface area contributed by atoms with Crippen LogP contribution in [-0.4, -0.2) is 18.9 Å². The van der Waals surface area contributed by atoms with Crippen molar-refractivity contribution in [1.29, 1.82) is 0 Å². The van der Waals surface area contributed by atoms with Crippen molar-refractivity contribution in [3.63, 3.8) is 0 Å². The molecule has 2 nitrogen and oxygen atoms in total. The summed E-state index contributed by atoms with van der Waals surface area (Å²) in [7, 11) is 0. The van der Waals surface area contributed by atoms with Gasteiger partial charge in [-0.05, 0) is 37.2 Å². The number of carbonyl (C=O) groups excluding carboxylic acids is 1. The molecule has 0 heterocycles. The number of hydrogen-bond acceptors (Lipinski definition) is 2. The Morgan fingerprint density at radius 2 is 1.88 bits per heavy atom. The molecule has 0 radical (unpaired) electrons. The van der Waals surface area contributed by atoms with Crippen LogP contribution in [0.3, 0.4) is 0 Å². The van der Waals surface area contributed by atoms with Crippen molar-refractivity contribution in [2.75, 3.05) is 13.1 Å². The maximum atomic E-state index is 12.6. The first kappa shape index (κ1) is 13.8. The van der Waals surface area contributed by atoms with E-state index in [1.807, 2.05) is 0 Å². The number of Topliss-reactive ketones (excluding diaryl/α,β-unsaturated/α-hetero) is 1. The van der Waals surface area contributed by atoms with Gasteiger partial charge in [0.15, 0.2) is 5.78 Å². The normalized spacial score (nSPS) is 10.5. The van der Waals surface area contributed by atoms with Gasteiger partial charge in [0.05, 0.1) is 6.54 Å². The molecule has 1 rings (SSSR count). The monoisotopic (exact) mass is 237 g/mol. The fraction of sp³-hybridized carbons (Fsp3) is 0.500. The predicted molar refractivity (Wildman–Crippen MR) is 67.7 cm³/mol. The van der Waals surface area contributed by atoms with Crippen molar-refractivity contribution in [1.82, 2.24) is 5.32 Å². The zero-order valence-corrected chi connectivity index (χ0v) is 10.3. The quantitative estimate of drug-likeness (QED) is 0.556. The molecule has 0 atom stereocenters. The van der Waals surface area contributed by atoms with Crippen LogP contribution in [0.15, 0.2) is 24.3 Å². The molecule has 1 N–H and O–H groups in total. The zero-order chi connectivity index (χ0) is 12.5. The van der Waals surface area contributed by atoms with E-state index in [0.717, 1.165) is 13.0 Å². The summed E-state index contributed by atoms with van der Waals surface area (Å²) in [5.41, 5.74) is 0.562. The van der Waals surface area contributed by atoms with Crippen molar-refractivity contribution in [3.8, 4) is 0 Å². The van der Waals surface area contributed by atoms with Gasteiger partial charge in [-0.2, -0.15) is 0 Å². The second kappa shape index (κ2) is 7.96. The molecule has 0 amide bonds. The van der Waals surface area contributed by atoms with Crippen molar-refractivity contribution in [2.24, 2.45) is 0 Å². The molecule has 0 saturated heterocycles. The Hall–Kier alpha value is -1.22. The SMILES string of the molecule is CCCCCCNCC(=O)c1ccc(F)cc1. The number of hydrogen-bond donors (Lipinski definition) is 1. The fourth-order valence-electron chi connectivity index (χ4n) is 1.62. The van der Waals surface area contributed by atoms with Crippen LogP contribution >= 0.6 is 0 Å². The molecule has 0 aliphatic carbocycles. The van der Waals surface area contributed by atoms with Crippen LogP contribution < -0.4 is 5.32 Å². The van der Waals surface area contributed by atoms with Crippen LogP contribution in [0, 0.1) is 5.82 Å². The Morgan fingerprint density at radius 1 is 1.18 bits per heavy atom. The van der Waals surface area contributed by atoms with E-state index in [-0.39, 0.29) is 11.6 Å². The van der Waals surface area contributed by atoms with E-state index < -0.39 is 0 Å². The molecule has 0 aliphatic heterocycles. The standard InChI is InChI=1S/C14H20FNO/c1-2-3-4-5-10-16-11-14(17)12-6-8-13(15)9-7-12/h6-9,16H,2-5,10-11H2,1H3. The molecule has 1 aromatic carbocycles. The molecule has 0 fully saturated rings. The van der Waals surface area contributed by atoms with E-state index in [1.165, 1.54) is 43.5 Å². The topological polar surface area (TPSA) is 29.1 Å².